The molecule has 0 radical (unpaired) electrons. The first-order chi connectivity index (χ1) is 20.2. The van der Waals surface area contributed by atoms with Crippen LogP contribution < -0.4 is 20.2 Å². The third kappa shape index (κ3) is 9.90. The second-order valence-electron chi connectivity index (χ2n) is 10.0. The number of carbonyl (C=O) groups excluding carboxylic acids is 2. The Morgan fingerprint density at radius 2 is 1.57 bits per heavy atom. The Hall–Kier alpha value is -4.41. The zero-order valence-corrected chi connectivity index (χ0v) is 24.2. The van der Waals surface area contributed by atoms with Gasteiger partial charge in [0.2, 0.25) is 0 Å². The van der Waals surface area contributed by atoms with Gasteiger partial charge >= 0.3 is 118 Å². The number of azo groups is 1. The van der Waals surface area contributed by atoms with Crippen molar-refractivity contribution in [1.82, 2.24) is 10.5 Å². The number of unbranched alkanes of at least 4 members (excludes halogenated alkanes) is 1. The molecule has 0 saturated heterocycles. The molecule has 3 rings (SSSR count). The Morgan fingerprint density at radius 1 is 0.976 bits per heavy atom. The van der Waals surface area contributed by atoms with Gasteiger partial charge < -0.3 is 10.2 Å². The molecule has 42 heavy (non-hydrogen) atoms. The summed E-state index contributed by atoms with van der Waals surface area (Å²) in [7, 11) is 5.53. The van der Waals surface area contributed by atoms with Crippen LogP contribution in [0.2, 0.25) is 0 Å². The zero-order valence-electron chi connectivity index (χ0n) is 24.2. The van der Waals surface area contributed by atoms with Gasteiger partial charge in [0, 0.05) is 31.9 Å². The van der Waals surface area contributed by atoms with Crippen LogP contribution >= 0.6 is 0 Å². The molecule has 1 amide bonds. The van der Waals surface area contributed by atoms with Gasteiger partial charge in [0.25, 0.3) is 5.91 Å². The molecule has 0 aliphatic rings. The minimum atomic E-state index is -0.943. The molecule has 0 spiro atoms. The van der Waals surface area contributed by atoms with Gasteiger partial charge in [-0.15, -0.1) is 0 Å². The molecule has 1 atom stereocenters. The number of rotatable bonds is 16. The number of anilines is 1. The van der Waals surface area contributed by atoms with E-state index >= 15 is 0 Å². The van der Waals surface area contributed by atoms with Crippen molar-refractivity contribution in [1.29, 1.82) is 0 Å². The van der Waals surface area contributed by atoms with Crippen LogP contribution in [0.25, 0.3) is 0 Å². The Labute approximate surface area is 246 Å². The predicted octanol–water partition coefficient (Wildman–Crippen LogP) is 5.77. The number of ether oxygens (including phenoxy) is 1. The molecular weight excluding hydrogens is 539 g/mol. The first-order valence-corrected chi connectivity index (χ1v) is 13.7. The maximum absolute atomic E-state index is 14.6. The third-order valence-electron chi connectivity index (χ3n) is 6.55. The number of hydrogen-bond acceptors (Lipinski definition) is 7. The Kier molecular flexibility index (Phi) is 12.3. The van der Waals surface area contributed by atoms with Crippen LogP contribution in [0.1, 0.15) is 42.1 Å². The number of ketones is 1. The van der Waals surface area contributed by atoms with Gasteiger partial charge in [-0.25, -0.2) is 0 Å². The van der Waals surface area contributed by atoms with E-state index in [0.717, 1.165) is 37.2 Å². The first-order valence-electron chi connectivity index (χ1n) is 13.7. The van der Waals surface area contributed by atoms with Crippen LogP contribution in [0.3, 0.4) is 0 Å². The van der Waals surface area contributed by atoms with Crippen molar-refractivity contribution in [2.45, 2.75) is 32.7 Å². The molecule has 8 nitrogen and oxygen atoms in total. The summed E-state index contributed by atoms with van der Waals surface area (Å²) < 4.78 is 34.4. The molecule has 3 aromatic carbocycles. The Morgan fingerprint density at radius 3 is 2.14 bits per heavy atom. The Balaban J connectivity index is 1.49. The molecule has 220 valence electrons. The Bertz CT molecular complexity index is 1360. The van der Waals surface area contributed by atoms with E-state index in [4.69, 9.17) is 4.74 Å². The maximum atomic E-state index is 14.6. The van der Waals surface area contributed by atoms with Crippen molar-refractivity contribution in [3.05, 3.63) is 83.4 Å². The summed E-state index contributed by atoms with van der Waals surface area (Å²) in [5, 5.41) is 14.0. The summed E-state index contributed by atoms with van der Waals surface area (Å²) >= 11 is 0. The standard InChI is InChI=1S/C31H36BF2N5O3/c1-21(7-5-6-16-36-32-2)29(40)20-42-30-27(33)17-22(18-28(30)34)19-35-31(41)23-8-10-24(11-9-23)37-38-25-12-14-26(15-13-25)39(3)4/h8-15,17-18,21,36H,2,5-7,16,19-20H2,1,3-4H3,(H,35,41)/t21-/m0/s1. The summed E-state index contributed by atoms with van der Waals surface area (Å²) in [6.07, 6.45) is 2.37. The van der Waals surface area contributed by atoms with Crippen molar-refractivity contribution in [3.63, 3.8) is 0 Å². The van der Waals surface area contributed by atoms with E-state index in [1.54, 1.807) is 38.2 Å². The number of Topliss-reactive ketones (excluding diaryl/α,β-unsaturated/α-hetero) is 1. The van der Waals surface area contributed by atoms with E-state index in [1.165, 1.54) is 0 Å². The van der Waals surface area contributed by atoms with E-state index in [0.29, 0.717) is 23.4 Å². The number of halogens is 2. The van der Waals surface area contributed by atoms with Crippen molar-refractivity contribution in [3.8, 4) is 5.75 Å². The second kappa shape index (κ2) is 16.1. The first kappa shape index (κ1) is 32.1. The van der Waals surface area contributed by atoms with E-state index in [1.807, 2.05) is 43.3 Å². The average molecular weight is 575 g/mol. The molecule has 0 aliphatic heterocycles. The molecule has 11 heteroatoms. The molecule has 0 aliphatic carbocycles. The zero-order chi connectivity index (χ0) is 30.5. The third-order valence-corrected chi connectivity index (χ3v) is 6.55. The average Bonchev–Trinajstić information content (AvgIpc) is 2.98. The molecule has 0 heterocycles. The number of nitrogens with one attached hydrogen (secondary N) is 2. The molecule has 0 unspecified atom stereocenters. The van der Waals surface area contributed by atoms with E-state index in [-0.39, 0.29) is 23.8 Å². The van der Waals surface area contributed by atoms with Crippen LogP contribution in [-0.4, -0.2) is 52.5 Å². The van der Waals surface area contributed by atoms with Crippen LogP contribution in [-0.2, 0) is 11.3 Å². The number of nitrogens with zero attached hydrogens (tertiary/aromatic N) is 3. The molecule has 0 bridgehead atoms. The van der Waals surface area contributed by atoms with Gasteiger partial charge in [-0.3, -0.25) is 4.79 Å². The topological polar surface area (TPSA) is 95.4 Å². The van der Waals surface area contributed by atoms with Crippen molar-refractivity contribution in [2.75, 3.05) is 32.1 Å². The van der Waals surface area contributed by atoms with Gasteiger partial charge in [0.15, 0.2) is 0 Å². The van der Waals surface area contributed by atoms with Crippen molar-refractivity contribution >= 4 is 42.3 Å². The summed E-state index contributed by atoms with van der Waals surface area (Å²) in [5.74, 6) is -3.43. The molecular formula is C31H36BF2N5O3. The molecule has 0 aromatic heterocycles. The summed E-state index contributed by atoms with van der Waals surface area (Å²) in [4.78, 5) is 26.9. The summed E-state index contributed by atoms with van der Waals surface area (Å²) in [5.41, 5.74) is 2.88. The van der Waals surface area contributed by atoms with Crippen LogP contribution in [0.4, 0.5) is 25.8 Å². The van der Waals surface area contributed by atoms with Crippen molar-refractivity contribution in [2.24, 2.45) is 16.1 Å². The van der Waals surface area contributed by atoms with E-state index in [2.05, 4.69) is 27.2 Å². The molecule has 0 saturated carbocycles. The normalized spacial score (nSPS) is 11.5. The van der Waals surface area contributed by atoms with Gasteiger partial charge in [-0.1, -0.05) is 0 Å². The predicted molar refractivity (Wildman–Crippen MR) is 163 cm³/mol. The number of carbonyl (C=O) groups is 2. The molecule has 2 N–H and O–H groups in total. The van der Waals surface area contributed by atoms with Gasteiger partial charge in [-0.2, -0.15) is 10.2 Å². The summed E-state index contributed by atoms with van der Waals surface area (Å²) in [6.45, 7) is 5.60. The van der Waals surface area contributed by atoms with Crippen LogP contribution in [0.5, 0.6) is 5.75 Å². The SMILES string of the molecule is C=BNCCCC[C@H](C)C(=O)COc1c(F)cc(CNC(=O)c2ccc(N=Nc3ccc(N(C)C)cc3)cc2)cc1F. The number of amides is 1. The molecule has 0 fully saturated rings. The van der Waals surface area contributed by atoms with E-state index < -0.39 is 29.9 Å². The number of benzene rings is 3. The minimum absolute atomic E-state index is 0.103. The fraction of sp³-hybridized carbons (Fsp3) is 0.323. The fourth-order valence-corrected chi connectivity index (χ4v) is 3.98. The quantitative estimate of drug-likeness (QED) is 0.129. The van der Waals surface area contributed by atoms with Crippen molar-refractivity contribution < 1.29 is 23.1 Å². The summed E-state index contributed by atoms with van der Waals surface area (Å²) in [6, 6.07) is 16.2. The van der Waals surface area contributed by atoms with Crippen LogP contribution in [0, 0.1) is 17.6 Å². The van der Waals surface area contributed by atoms with E-state index in [9.17, 15) is 18.4 Å². The van der Waals surface area contributed by atoms with Gasteiger partial charge in [-0.05, 0) is 54.1 Å². The number of hydrogen-bond donors (Lipinski definition) is 2. The van der Waals surface area contributed by atoms with Crippen LogP contribution in [0.15, 0.2) is 70.9 Å². The fourth-order valence-electron chi connectivity index (χ4n) is 3.98. The van der Waals surface area contributed by atoms with Gasteiger partial charge in [0.1, 0.15) is 0 Å². The molecule has 3 aromatic rings. The monoisotopic (exact) mass is 575 g/mol. The van der Waals surface area contributed by atoms with Gasteiger partial charge in [0.05, 0.1) is 11.4 Å². The second-order valence-corrected chi connectivity index (χ2v) is 10.0.